The first kappa shape index (κ1) is 13.4. The van der Waals surface area contributed by atoms with Crippen molar-refractivity contribution >= 4 is 0 Å². The Kier molecular flexibility index (Phi) is 5.02. The maximum absolute atomic E-state index is 9.51. The summed E-state index contributed by atoms with van der Waals surface area (Å²) >= 11 is 0. The van der Waals surface area contributed by atoms with Gasteiger partial charge in [-0.15, -0.1) is 0 Å². The molecule has 0 radical (unpaired) electrons. The van der Waals surface area contributed by atoms with Crippen LogP contribution in [0.5, 0.6) is 5.75 Å². The molecule has 3 nitrogen and oxygen atoms in total. The predicted octanol–water partition coefficient (Wildman–Crippen LogP) is 2.60. The summed E-state index contributed by atoms with van der Waals surface area (Å²) in [6.07, 6.45) is 3.57. The molecule has 0 spiro atoms. The molecule has 1 N–H and O–H groups in total. The van der Waals surface area contributed by atoms with Crippen molar-refractivity contribution in [3.63, 3.8) is 0 Å². The smallest absolute Gasteiger partial charge is 0.119 e. The summed E-state index contributed by atoms with van der Waals surface area (Å²) < 4.78 is 5.75. The highest BCUT2D eigenvalue weighted by Crippen LogP contribution is 2.18. The number of hydrogen-bond acceptors (Lipinski definition) is 3. The van der Waals surface area contributed by atoms with Crippen molar-refractivity contribution < 1.29 is 9.84 Å². The molecule has 1 aromatic carbocycles. The van der Waals surface area contributed by atoms with Gasteiger partial charge >= 0.3 is 0 Å². The standard InChI is InChI=1S/C15H23NO2/c1-13(17)14-6-5-7-15(12-14)18-11-10-16-8-3-2-4-9-16/h5-7,12-13,17H,2-4,8-11H2,1H3/t13-/m1/s1. The fourth-order valence-corrected chi connectivity index (χ4v) is 2.34. The summed E-state index contributed by atoms with van der Waals surface area (Å²) in [7, 11) is 0. The Labute approximate surface area is 109 Å². The fourth-order valence-electron chi connectivity index (χ4n) is 2.34. The zero-order valence-electron chi connectivity index (χ0n) is 11.1. The summed E-state index contributed by atoms with van der Waals surface area (Å²) in [6, 6.07) is 7.71. The number of piperidine rings is 1. The van der Waals surface area contributed by atoms with E-state index < -0.39 is 6.10 Å². The lowest BCUT2D eigenvalue weighted by Gasteiger charge is -2.26. The summed E-state index contributed by atoms with van der Waals surface area (Å²) in [4.78, 5) is 2.46. The molecule has 18 heavy (non-hydrogen) atoms. The maximum Gasteiger partial charge on any atom is 0.119 e. The van der Waals surface area contributed by atoms with E-state index in [4.69, 9.17) is 4.74 Å². The minimum absolute atomic E-state index is 0.435. The van der Waals surface area contributed by atoms with E-state index in [1.165, 1.54) is 32.4 Å². The van der Waals surface area contributed by atoms with Crippen LogP contribution in [-0.4, -0.2) is 36.2 Å². The highest BCUT2D eigenvalue weighted by atomic mass is 16.5. The van der Waals surface area contributed by atoms with Gasteiger partial charge in [-0.05, 0) is 50.6 Å². The molecule has 1 atom stereocenters. The van der Waals surface area contributed by atoms with Crippen molar-refractivity contribution in [1.29, 1.82) is 0 Å². The van der Waals surface area contributed by atoms with Crippen LogP contribution in [0.3, 0.4) is 0 Å². The van der Waals surface area contributed by atoms with Gasteiger partial charge in [0, 0.05) is 6.54 Å². The molecule has 1 saturated heterocycles. The Morgan fingerprint density at radius 2 is 2.06 bits per heavy atom. The second kappa shape index (κ2) is 6.76. The van der Waals surface area contributed by atoms with Crippen molar-refractivity contribution in [3.05, 3.63) is 29.8 Å². The van der Waals surface area contributed by atoms with Crippen LogP contribution in [-0.2, 0) is 0 Å². The van der Waals surface area contributed by atoms with Gasteiger partial charge in [-0.2, -0.15) is 0 Å². The quantitative estimate of drug-likeness (QED) is 0.870. The highest BCUT2D eigenvalue weighted by molar-refractivity contribution is 5.29. The maximum atomic E-state index is 9.51. The minimum Gasteiger partial charge on any atom is -0.492 e. The number of aliphatic hydroxyl groups is 1. The Morgan fingerprint density at radius 3 is 2.78 bits per heavy atom. The molecule has 1 aliphatic heterocycles. The van der Waals surface area contributed by atoms with E-state index >= 15 is 0 Å². The van der Waals surface area contributed by atoms with Gasteiger partial charge in [0.1, 0.15) is 12.4 Å². The van der Waals surface area contributed by atoms with Crippen molar-refractivity contribution in [3.8, 4) is 5.75 Å². The molecule has 0 unspecified atom stereocenters. The molecule has 0 bridgehead atoms. The lowest BCUT2D eigenvalue weighted by Crippen LogP contribution is -2.33. The molecule has 3 heteroatoms. The SMILES string of the molecule is C[C@@H](O)c1cccc(OCCN2CCCCC2)c1. The van der Waals surface area contributed by atoms with E-state index in [1.54, 1.807) is 6.92 Å². The van der Waals surface area contributed by atoms with Crippen LogP contribution >= 0.6 is 0 Å². The van der Waals surface area contributed by atoms with Crippen LogP contribution in [0.15, 0.2) is 24.3 Å². The molecule has 0 aromatic heterocycles. The van der Waals surface area contributed by atoms with Gasteiger partial charge in [-0.3, -0.25) is 4.90 Å². The number of hydrogen-bond donors (Lipinski definition) is 1. The van der Waals surface area contributed by atoms with Gasteiger partial charge in [-0.25, -0.2) is 0 Å². The number of rotatable bonds is 5. The third-order valence-corrected chi connectivity index (χ3v) is 3.47. The Hall–Kier alpha value is -1.06. The molecule has 100 valence electrons. The molecule has 1 heterocycles. The Morgan fingerprint density at radius 1 is 1.28 bits per heavy atom. The van der Waals surface area contributed by atoms with E-state index in [0.29, 0.717) is 0 Å². The number of ether oxygens (including phenoxy) is 1. The normalized spacial score (nSPS) is 18.6. The molecule has 0 amide bonds. The first-order chi connectivity index (χ1) is 8.75. The summed E-state index contributed by atoms with van der Waals surface area (Å²) in [6.45, 7) is 5.91. The van der Waals surface area contributed by atoms with Crippen LogP contribution in [0.1, 0.15) is 37.9 Å². The van der Waals surface area contributed by atoms with Crippen molar-refractivity contribution in [1.82, 2.24) is 4.90 Å². The van der Waals surface area contributed by atoms with Crippen molar-refractivity contribution in [2.24, 2.45) is 0 Å². The molecule has 2 rings (SSSR count). The molecule has 0 saturated carbocycles. The number of likely N-dealkylation sites (tertiary alicyclic amines) is 1. The Balaban J connectivity index is 1.77. The number of benzene rings is 1. The molecule has 1 aliphatic rings. The Bertz CT molecular complexity index is 359. The molecule has 0 aliphatic carbocycles. The predicted molar refractivity (Wildman–Crippen MR) is 72.9 cm³/mol. The van der Waals surface area contributed by atoms with Crippen molar-refractivity contribution in [2.45, 2.75) is 32.3 Å². The minimum atomic E-state index is -0.435. The summed E-state index contributed by atoms with van der Waals surface area (Å²) in [5.74, 6) is 0.852. The highest BCUT2D eigenvalue weighted by Gasteiger charge is 2.09. The molecular weight excluding hydrogens is 226 g/mol. The molecular formula is C15H23NO2. The van der Waals surface area contributed by atoms with E-state index in [0.717, 1.165) is 24.5 Å². The van der Waals surface area contributed by atoms with Gasteiger partial charge in [0.2, 0.25) is 0 Å². The largest absolute Gasteiger partial charge is 0.492 e. The third kappa shape index (κ3) is 4.00. The van der Waals surface area contributed by atoms with Gasteiger partial charge in [0.15, 0.2) is 0 Å². The average molecular weight is 249 g/mol. The molecule has 1 aromatic rings. The monoisotopic (exact) mass is 249 g/mol. The first-order valence-corrected chi connectivity index (χ1v) is 6.89. The lowest BCUT2D eigenvalue weighted by atomic mass is 10.1. The average Bonchev–Trinajstić information content (AvgIpc) is 2.40. The van der Waals surface area contributed by atoms with E-state index in [1.807, 2.05) is 24.3 Å². The third-order valence-electron chi connectivity index (χ3n) is 3.47. The fraction of sp³-hybridized carbons (Fsp3) is 0.600. The van der Waals surface area contributed by atoms with E-state index in [2.05, 4.69) is 4.90 Å². The van der Waals surface area contributed by atoms with Crippen LogP contribution in [0.4, 0.5) is 0 Å². The van der Waals surface area contributed by atoms with Gasteiger partial charge in [0.25, 0.3) is 0 Å². The first-order valence-electron chi connectivity index (χ1n) is 6.89. The lowest BCUT2D eigenvalue weighted by molar-refractivity contribution is 0.181. The number of aliphatic hydroxyl groups excluding tert-OH is 1. The van der Waals surface area contributed by atoms with Crippen LogP contribution in [0, 0.1) is 0 Å². The molecule has 1 fully saturated rings. The van der Waals surface area contributed by atoms with Crippen LogP contribution in [0.25, 0.3) is 0 Å². The van der Waals surface area contributed by atoms with Crippen molar-refractivity contribution in [2.75, 3.05) is 26.2 Å². The van der Waals surface area contributed by atoms with Crippen LogP contribution < -0.4 is 4.74 Å². The van der Waals surface area contributed by atoms with E-state index in [-0.39, 0.29) is 0 Å². The van der Waals surface area contributed by atoms with Crippen LogP contribution in [0.2, 0.25) is 0 Å². The summed E-state index contributed by atoms with van der Waals surface area (Å²) in [5, 5.41) is 9.51. The van der Waals surface area contributed by atoms with Gasteiger partial charge in [-0.1, -0.05) is 18.6 Å². The second-order valence-corrected chi connectivity index (χ2v) is 5.00. The topological polar surface area (TPSA) is 32.7 Å². The zero-order valence-corrected chi connectivity index (χ0v) is 11.1. The van der Waals surface area contributed by atoms with Gasteiger partial charge in [0.05, 0.1) is 6.10 Å². The second-order valence-electron chi connectivity index (χ2n) is 5.00. The van der Waals surface area contributed by atoms with Gasteiger partial charge < -0.3 is 9.84 Å². The summed E-state index contributed by atoms with van der Waals surface area (Å²) in [5.41, 5.74) is 0.908. The van der Waals surface area contributed by atoms with E-state index in [9.17, 15) is 5.11 Å². The number of nitrogens with zero attached hydrogens (tertiary/aromatic N) is 1. The zero-order chi connectivity index (χ0) is 12.8.